The first-order valence-corrected chi connectivity index (χ1v) is 15.5. The Kier molecular flexibility index (Phi) is 11.7. The van der Waals surface area contributed by atoms with Gasteiger partial charge in [-0.05, 0) is 42.2 Å². The number of sulfonamides is 1. The molecule has 2 amide bonds. The summed E-state index contributed by atoms with van der Waals surface area (Å²) in [4.78, 5) is 28.6. The van der Waals surface area contributed by atoms with Crippen LogP contribution in [0.2, 0.25) is 5.02 Å². The van der Waals surface area contributed by atoms with Crippen molar-refractivity contribution in [2.45, 2.75) is 45.2 Å². The summed E-state index contributed by atoms with van der Waals surface area (Å²) in [6, 6.07) is 18.3. The minimum absolute atomic E-state index is 0.0485. The average Bonchev–Trinajstić information content (AvgIpc) is 2.94. The zero-order chi connectivity index (χ0) is 30.0. The number of amides is 2. The van der Waals surface area contributed by atoms with Crippen LogP contribution in [0.5, 0.6) is 0 Å². The number of hydrogen-bond donors (Lipinski definition) is 1. The summed E-state index contributed by atoms with van der Waals surface area (Å²) in [5, 5.41) is 3.34. The van der Waals surface area contributed by atoms with Gasteiger partial charge in [-0.15, -0.1) is 0 Å². The lowest BCUT2D eigenvalue weighted by Gasteiger charge is -2.32. The van der Waals surface area contributed by atoms with Crippen molar-refractivity contribution in [3.8, 4) is 0 Å². The molecular weight excluding hydrogens is 572 g/mol. The van der Waals surface area contributed by atoms with Crippen LogP contribution in [0.3, 0.4) is 0 Å². The molecule has 1 atom stereocenters. The molecule has 3 aromatic carbocycles. The van der Waals surface area contributed by atoms with Crippen molar-refractivity contribution in [2.75, 3.05) is 23.7 Å². The molecule has 0 fully saturated rings. The third-order valence-corrected chi connectivity index (χ3v) is 8.02. The molecular formula is C30H34ClF2N3O4S. The van der Waals surface area contributed by atoms with Crippen LogP contribution < -0.4 is 9.62 Å². The van der Waals surface area contributed by atoms with Gasteiger partial charge in [-0.3, -0.25) is 13.9 Å². The Morgan fingerprint density at radius 2 is 1.66 bits per heavy atom. The zero-order valence-electron chi connectivity index (χ0n) is 23.0. The predicted molar refractivity (Wildman–Crippen MR) is 157 cm³/mol. The fourth-order valence-corrected chi connectivity index (χ4v) is 5.53. The normalized spacial score (nSPS) is 12.0. The van der Waals surface area contributed by atoms with E-state index in [9.17, 15) is 26.8 Å². The quantitative estimate of drug-likeness (QED) is 0.269. The zero-order valence-corrected chi connectivity index (χ0v) is 24.6. The van der Waals surface area contributed by atoms with E-state index in [1.807, 2.05) is 37.3 Å². The number of hydrogen-bond acceptors (Lipinski definition) is 4. The number of carbonyl (C=O) groups is 2. The Balaban J connectivity index is 1.88. The molecule has 0 heterocycles. The lowest BCUT2D eigenvalue weighted by molar-refractivity contribution is -0.141. The summed E-state index contributed by atoms with van der Waals surface area (Å²) in [5.74, 6) is -2.97. The van der Waals surface area contributed by atoms with Crippen LogP contribution in [0.15, 0.2) is 72.8 Å². The first-order valence-electron chi connectivity index (χ1n) is 13.3. The van der Waals surface area contributed by atoms with Gasteiger partial charge in [0.1, 0.15) is 6.04 Å². The van der Waals surface area contributed by atoms with Crippen LogP contribution >= 0.6 is 11.6 Å². The number of carbonyl (C=O) groups excluding carboxylic acids is 2. The predicted octanol–water partition coefficient (Wildman–Crippen LogP) is 5.33. The molecule has 41 heavy (non-hydrogen) atoms. The first-order chi connectivity index (χ1) is 19.5. The van der Waals surface area contributed by atoms with E-state index < -0.39 is 27.7 Å². The molecule has 0 radical (unpaired) electrons. The highest BCUT2D eigenvalue weighted by atomic mass is 35.5. The van der Waals surface area contributed by atoms with Gasteiger partial charge >= 0.3 is 0 Å². The molecule has 11 heteroatoms. The second kappa shape index (κ2) is 14.9. The Hall–Kier alpha value is -3.50. The number of benzene rings is 3. The van der Waals surface area contributed by atoms with Gasteiger partial charge in [0.05, 0.1) is 11.9 Å². The number of rotatable bonds is 14. The molecule has 1 N–H and O–H groups in total. The highest BCUT2D eigenvalue weighted by Crippen LogP contribution is 2.23. The fraction of sp³-hybridized carbons (Fsp3) is 0.333. The SMILES string of the molecule is CCCNC(=O)C(Cc1ccccc1)N(Cc1ccccc1Cl)C(=O)CCCN(c1ccc(F)c(F)c1)S(C)(=O)=O. The van der Waals surface area contributed by atoms with E-state index >= 15 is 0 Å². The van der Waals surface area contributed by atoms with Crippen molar-refractivity contribution in [1.29, 1.82) is 0 Å². The summed E-state index contributed by atoms with van der Waals surface area (Å²) in [6.07, 6.45) is 1.89. The molecule has 3 rings (SSSR count). The highest BCUT2D eigenvalue weighted by Gasteiger charge is 2.31. The van der Waals surface area contributed by atoms with Gasteiger partial charge in [0.25, 0.3) is 0 Å². The Morgan fingerprint density at radius 1 is 0.976 bits per heavy atom. The van der Waals surface area contributed by atoms with Gasteiger partial charge in [0.2, 0.25) is 21.8 Å². The molecule has 1 unspecified atom stereocenters. The fourth-order valence-electron chi connectivity index (χ4n) is 4.37. The highest BCUT2D eigenvalue weighted by molar-refractivity contribution is 7.92. The molecule has 0 saturated heterocycles. The molecule has 0 spiro atoms. The first kappa shape index (κ1) is 32.0. The minimum Gasteiger partial charge on any atom is -0.354 e. The standard InChI is InChI=1S/C30H34ClF2N3O4S/c1-3-17-34-30(38)28(19-22-10-5-4-6-11-22)35(21-23-12-7-8-13-25(23)31)29(37)14-9-18-36(41(2,39)40)24-15-16-26(32)27(33)20-24/h4-8,10-13,15-16,20,28H,3,9,14,17-19,21H2,1-2H3,(H,34,38). The molecule has 0 aromatic heterocycles. The Bertz CT molecular complexity index is 1440. The van der Waals surface area contributed by atoms with Crippen molar-refractivity contribution < 1.29 is 26.8 Å². The van der Waals surface area contributed by atoms with Crippen LogP contribution in [0.1, 0.15) is 37.3 Å². The molecule has 220 valence electrons. The van der Waals surface area contributed by atoms with E-state index in [2.05, 4.69) is 5.32 Å². The van der Waals surface area contributed by atoms with Crippen LogP contribution in [0.25, 0.3) is 0 Å². The molecule has 7 nitrogen and oxygen atoms in total. The molecule has 0 saturated carbocycles. The molecule has 0 aliphatic carbocycles. The second-order valence-corrected chi connectivity index (χ2v) is 12.0. The van der Waals surface area contributed by atoms with Gasteiger partial charge in [-0.2, -0.15) is 0 Å². The van der Waals surface area contributed by atoms with Gasteiger partial charge in [-0.1, -0.05) is 67.1 Å². The minimum atomic E-state index is -3.86. The second-order valence-electron chi connectivity index (χ2n) is 9.65. The van der Waals surface area contributed by atoms with Gasteiger partial charge < -0.3 is 10.2 Å². The van der Waals surface area contributed by atoms with Gasteiger partial charge in [0, 0.05) is 43.6 Å². The summed E-state index contributed by atoms with van der Waals surface area (Å²) in [7, 11) is -3.86. The molecule has 0 aliphatic rings. The number of nitrogens with zero attached hydrogens (tertiary/aromatic N) is 2. The smallest absolute Gasteiger partial charge is 0.243 e. The van der Waals surface area contributed by atoms with E-state index in [1.54, 1.807) is 24.3 Å². The van der Waals surface area contributed by atoms with Crippen LogP contribution in [-0.2, 0) is 32.6 Å². The maximum atomic E-state index is 13.8. The lowest BCUT2D eigenvalue weighted by Crippen LogP contribution is -2.50. The van der Waals surface area contributed by atoms with E-state index in [0.29, 0.717) is 23.6 Å². The van der Waals surface area contributed by atoms with Gasteiger partial charge in [-0.25, -0.2) is 17.2 Å². The van der Waals surface area contributed by atoms with Crippen molar-refractivity contribution in [1.82, 2.24) is 10.2 Å². The van der Waals surface area contributed by atoms with Crippen LogP contribution in [0.4, 0.5) is 14.5 Å². The Labute approximate surface area is 245 Å². The van der Waals surface area contributed by atoms with Crippen LogP contribution in [-0.4, -0.2) is 50.5 Å². The topological polar surface area (TPSA) is 86.8 Å². The molecule has 3 aromatic rings. The summed E-state index contributed by atoms with van der Waals surface area (Å²) in [6.45, 7) is 2.28. The maximum Gasteiger partial charge on any atom is 0.243 e. The van der Waals surface area contributed by atoms with E-state index in [-0.39, 0.29) is 49.9 Å². The third kappa shape index (κ3) is 9.26. The van der Waals surface area contributed by atoms with E-state index in [1.165, 1.54) is 11.0 Å². The summed E-state index contributed by atoms with van der Waals surface area (Å²) >= 11 is 6.42. The van der Waals surface area contributed by atoms with Crippen molar-refractivity contribution >= 4 is 39.1 Å². The monoisotopic (exact) mass is 605 g/mol. The van der Waals surface area contributed by atoms with Crippen molar-refractivity contribution in [2.24, 2.45) is 0 Å². The van der Waals surface area contributed by atoms with E-state index in [0.717, 1.165) is 28.3 Å². The van der Waals surface area contributed by atoms with Crippen molar-refractivity contribution in [3.05, 3.63) is 101 Å². The number of halogens is 3. The summed E-state index contributed by atoms with van der Waals surface area (Å²) in [5.41, 5.74) is 1.47. The molecule has 0 bridgehead atoms. The van der Waals surface area contributed by atoms with E-state index in [4.69, 9.17) is 11.6 Å². The van der Waals surface area contributed by atoms with Gasteiger partial charge in [0.15, 0.2) is 11.6 Å². The van der Waals surface area contributed by atoms with Crippen molar-refractivity contribution in [3.63, 3.8) is 0 Å². The lowest BCUT2D eigenvalue weighted by atomic mass is 10.0. The number of nitrogens with one attached hydrogen (secondary N) is 1. The largest absolute Gasteiger partial charge is 0.354 e. The molecule has 0 aliphatic heterocycles. The maximum absolute atomic E-state index is 13.8. The summed E-state index contributed by atoms with van der Waals surface area (Å²) < 4.78 is 53.2. The average molecular weight is 606 g/mol. The Morgan fingerprint density at radius 3 is 2.29 bits per heavy atom. The number of anilines is 1. The van der Waals surface area contributed by atoms with Crippen LogP contribution in [0, 0.1) is 11.6 Å². The third-order valence-electron chi connectivity index (χ3n) is 6.46.